The van der Waals surface area contributed by atoms with Gasteiger partial charge in [0, 0.05) is 5.92 Å². The molecule has 2 aliphatic carbocycles. The molecule has 1 saturated heterocycles. The van der Waals surface area contributed by atoms with Gasteiger partial charge in [0.05, 0.1) is 5.92 Å². The molecule has 3 fully saturated rings. The van der Waals surface area contributed by atoms with Crippen LogP contribution in [0.3, 0.4) is 0 Å². The summed E-state index contributed by atoms with van der Waals surface area (Å²) in [5.41, 5.74) is 0. The normalized spacial score (nSPS) is 58.2. The molecule has 0 N–H and O–H groups in total. The third-order valence-electron chi connectivity index (χ3n) is 4.61. The van der Waals surface area contributed by atoms with Crippen molar-refractivity contribution in [2.75, 3.05) is 0 Å². The number of fused-ring (bicyclic) bond motifs is 1. The predicted octanol–water partition coefficient (Wildman–Crippen LogP) is 1.84. The van der Waals surface area contributed by atoms with E-state index in [-0.39, 0.29) is 18.0 Å². The quantitative estimate of drug-likeness (QED) is 0.532. The third-order valence-corrected chi connectivity index (χ3v) is 4.61. The van der Waals surface area contributed by atoms with Crippen LogP contribution in [0.2, 0.25) is 0 Å². The van der Waals surface area contributed by atoms with Crippen LogP contribution in [0, 0.1) is 29.6 Å². The van der Waals surface area contributed by atoms with Crippen molar-refractivity contribution in [3.63, 3.8) is 0 Å². The van der Waals surface area contributed by atoms with E-state index in [1.165, 1.54) is 0 Å². The summed E-state index contributed by atoms with van der Waals surface area (Å²) >= 11 is 0. The van der Waals surface area contributed by atoms with Gasteiger partial charge in [-0.3, -0.25) is 4.79 Å². The Labute approximate surface area is 78.6 Å². The van der Waals surface area contributed by atoms with E-state index in [0.717, 1.165) is 24.7 Å². The van der Waals surface area contributed by atoms with Crippen molar-refractivity contribution in [2.24, 2.45) is 29.6 Å². The van der Waals surface area contributed by atoms with E-state index in [4.69, 9.17) is 4.74 Å². The van der Waals surface area contributed by atoms with Crippen LogP contribution in [-0.2, 0) is 9.53 Å². The number of hydrogen-bond acceptors (Lipinski definition) is 2. The second-order valence-corrected chi connectivity index (χ2v) is 5.13. The van der Waals surface area contributed by atoms with Gasteiger partial charge in [0.25, 0.3) is 0 Å². The largest absolute Gasteiger partial charge is 0.462 e. The Morgan fingerprint density at radius 2 is 2.08 bits per heavy atom. The Balaban J connectivity index is 2.00. The Morgan fingerprint density at radius 1 is 1.31 bits per heavy atom. The zero-order valence-electron chi connectivity index (χ0n) is 8.19. The van der Waals surface area contributed by atoms with Gasteiger partial charge < -0.3 is 4.74 Å². The van der Waals surface area contributed by atoms with Crippen molar-refractivity contribution in [1.82, 2.24) is 0 Å². The fourth-order valence-electron chi connectivity index (χ4n) is 3.98. The number of ether oxygens (including phenoxy) is 1. The van der Waals surface area contributed by atoms with Crippen LogP contribution in [0.1, 0.15) is 26.7 Å². The molecule has 0 amide bonds. The van der Waals surface area contributed by atoms with Crippen LogP contribution in [0.5, 0.6) is 0 Å². The van der Waals surface area contributed by atoms with Crippen LogP contribution < -0.4 is 0 Å². The molecule has 0 aromatic carbocycles. The van der Waals surface area contributed by atoms with Gasteiger partial charge in [0.1, 0.15) is 6.10 Å². The molecule has 0 radical (unpaired) electrons. The second kappa shape index (κ2) is 2.28. The van der Waals surface area contributed by atoms with Gasteiger partial charge in [-0.2, -0.15) is 0 Å². The lowest BCUT2D eigenvalue weighted by molar-refractivity contribution is -0.147. The maximum atomic E-state index is 11.5. The van der Waals surface area contributed by atoms with Crippen LogP contribution in [0.25, 0.3) is 0 Å². The zero-order chi connectivity index (χ0) is 9.16. The molecule has 2 nitrogen and oxygen atoms in total. The summed E-state index contributed by atoms with van der Waals surface area (Å²) in [7, 11) is 0. The van der Waals surface area contributed by atoms with Gasteiger partial charge in [-0.25, -0.2) is 0 Å². The molecule has 2 heteroatoms. The van der Waals surface area contributed by atoms with E-state index in [1.807, 2.05) is 0 Å². The van der Waals surface area contributed by atoms with E-state index < -0.39 is 0 Å². The number of carbonyl (C=O) groups is 1. The highest BCUT2D eigenvalue weighted by Crippen LogP contribution is 2.56. The molecule has 6 atom stereocenters. The summed E-state index contributed by atoms with van der Waals surface area (Å²) in [5, 5.41) is 0. The first-order chi connectivity index (χ1) is 6.18. The topological polar surface area (TPSA) is 26.3 Å². The smallest absolute Gasteiger partial charge is 0.309 e. The zero-order valence-corrected chi connectivity index (χ0v) is 8.19. The van der Waals surface area contributed by atoms with Crippen molar-refractivity contribution in [3.8, 4) is 0 Å². The fraction of sp³-hybridized carbons (Fsp3) is 0.909. The van der Waals surface area contributed by atoms with Crippen LogP contribution >= 0.6 is 0 Å². The maximum Gasteiger partial charge on any atom is 0.309 e. The predicted molar refractivity (Wildman–Crippen MR) is 47.9 cm³/mol. The molecule has 0 aromatic heterocycles. The highest BCUT2D eigenvalue weighted by atomic mass is 16.6. The van der Waals surface area contributed by atoms with Crippen molar-refractivity contribution in [3.05, 3.63) is 0 Å². The average molecular weight is 180 g/mol. The molecule has 0 spiro atoms. The van der Waals surface area contributed by atoms with Crippen LogP contribution in [-0.4, -0.2) is 12.1 Å². The van der Waals surface area contributed by atoms with Gasteiger partial charge in [-0.15, -0.1) is 0 Å². The average Bonchev–Trinajstić information content (AvgIpc) is 2.48. The number of hydrogen-bond donors (Lipinski definition) is 0. The summed E-state index contributed by atoms with van der Waals surface area (Å²) in [4.78, 5) is 11.5. The molecular weight excluding hydrogens is 164 g/mol. The molecule has 3 aliphatic rings. The van der Waals surface area contributed by atoms with Gasteiger partial charge in [-0.05, 0) is 30.6 Å². The summed E-state index contributed by atoms with van der Waals surface area (Å²) in [6, 6.07) is 0. The minimum atomic E-state index is 0.0938. The first-order valence-corrected chi connectivity index (χ1v) is 5.39. The summed E-state index contributed by atoms with van der Waals surface area (Å²) < 4.78 is 5.42. The van der Waals surface area contributed by atoms with Crippen LogP contribution in [0.4, 0.5) is 0 Å². The monoisotopic (exact) mass is 180 g/mol. The van der Waals surface area contributed by atoms with Gasteiger partial charge in [0.2, 0.25) is 0 Å². The van der Waals surface area contributed by atoms with E-state index >= 15 is 0 Å². The molecule has 13 heavy (non-hydrogen) atoms. The lowest BCUT2D eigenvalue weighted by Crippen LogP contribution is -2.34. The summed E-state index contributed by atoms with van der Waals surface area (Å²) in [6.07, 6.45) is 2.48. The summed E-state index contributed by atoms with van der Waals surface area (Å²) in [5.74, 6) is 3.18. The number of rotatable bonds is 0. The minimum absolute atomic E-state index is 0.0938. The fourth-order valence-corrected chi connectivity index (χ4v) is 3.98. The molecule has 1 heterocycles. The standard InChI is InChI=1S/C11H16O2/c1-5-3-9-10-6(2)7(5)4-8(10)11(12)13-9/h5-10H,3-4H2,1-2H3/t5-,6?,7+,8?,9-,10?/m0/s1. The maximum absolute atomic E-state index is 11.5. The van der Waals surface area contributed by atoms with Crippen molar-refractivity contribution in [1.29, 1.82) is 0 Å². The van der Waals surface area contributed by atoms with E-state index in [9.17, 15) is 4.79 Å². The number of esters is 1. The molecule has 1 aliphatic heterocycles. The van der Waals surface area contributed by atoms with Crippen molar-refractivity contribution in [2.45, 2.75) is 32.8 Å². The minimum Gasteiger partial charge on any atom is -0.462 e. The molecule has 3 rings (SSSR count). The van der Waals surface area contributed by atoms with Gasteiger partial charge >= 0.3 is 5.97 Å². The Kier molecular flexibility index (Phi) is 1.38. The van der Waals surface area contributed by atoms with Crippen molar-refractivity contribution < 1.29 is 9.53 Å². The first-order valence-electron chi connectivity index (χ1n) is 5.39. The molecular formula is C11H16O2. The van der Waals surface area contributed by atoms with E-state index in [2.05, 4.69) is 13.8 Å². The highest BCUT2D eigenvalue weighted by Gasteiger charge is 2.58. The van der Waals surface area contributed by atoms with Crippen molar-refractivity contribution >= 4 is 5.97 Å². The van der Waals surface area contributed by atoms with Gasteiger partial charge in [0.15, 0.2) is 0 Å². The van der Waals surface area contributed by atoms with Crippen LogP contribution in [0.15, 0.2) is 0 Å². The van der Waals surface area contributed by atoms with Gasteiger partial charge in [-0.1, -0.05) is 13.8 Å². The molecule has 3 unspecified atom stereocenters. The number of carbonyl (C=O) groups excluding carboxylic acids is 1. The Bertz CT molecular complexity index is 261. The SMILES string of the molecule is CC1C2C3C[C@@H]1[C@@H](C)C[C@@H]2OC3=O. The lowest BCUT2D eigenvalue weighted by Gasteiger charge is -2.35. The van der Waals surface area contributed by atoms with E-state index in [1.54, 1.807) is 0 Å². The molecule has 2 saturated carbocycles. The Morgan fingerprint density at radius 3 is 2.85 bits per heavy atom. The molecule has 2 bridgehead atoms. The molecule has 0 aromatic rings. The highest BCUT2D eigenvalue weighted by molar-refractivity contribution is 5.76. The lowest BCUT2D eigenvalue weighted by atomic mass is 9.72. The van der Waals surface area contributed by atoms with E-state index in [0.29, 0.717) is 11.8 Å². The summed E-state index contributed by atoms with van der Waals surface area (Å²) in [6.45, 7) is 4.62. The third kappa shape index (κ3) is 0.818. The Hall–Kier alpha value is -0.530. The second-order valence-electron chi connectivity index (χ2n) is 5.13. The first kappa shape index (κ1) is 7.84. The molecule has 72 valence electrons.